The van der Waals surface area contributed by atoms with Crippen molar-refractivity contribution in [3.8, 4) is 0 Å². The van der Waals surface area contributed by atoms with Crippen molar-refractivity contribution in [2.75, 3.05) is 0 Å². The van der Waals surface area contributed by atoms with Gasteiger partial charge in [0.1, 0.15) is 11.6 Å². The van der Waals surface area contributed by atoms with E-state index in [0.717, 1.165) is 18.3 Å². The minimum Gasteiger partial charge on any atom is -0.294 e. The van der Waals surface area contributed by atoms with Gasteiger partial charge in [-0.05, 0) is 42.0 Å². The fourth-order valence-electron chi connectivity index (χ4n) is 3.64. The summed E-state index contributed by atoms with van der Waals surface area (Å²) in [4.78, 5) is 11.7. The van der Waals surface area contributed by atoms with Crippen LogP contribution in [0.4, 0.5) is 35.1 Å². The number of fused-ring (bicyclic) bond motifs is 1. The van der Waals surface area contributed by atoms with Crippen molar-refractivity contribution >= 4 is 26.7 Å². The Hall–Kier alpha value is -3.81. The molecule has 0 spiro atoms. The maximum absolute atomic E-state index is 14.2. The van der Waals surface area contributed by atoms with Crippen LogP contribution in [0.2, 0.25) is 0 Å². The zero-order valence-electron chi connectivity index (χ0n) is 18.0. The predicted octanol–water partition coefficient (Wildman–Crippen LogP) is 6.01. The highest BCUT2D eigenvalue weighted by atomic mass is 32.2. The van der Waals surface area contributed by atoms with E-state index in [1.807, 2.05) is 0 Å². The van der Waals surface area contributed by atoms with Crippen LogP contribution in [0.3, 0.4) is 0 Å². The predicted molar refractivity (Wildman–Crippen MR) is 113 cm³/mol. The van der Waals surface area contributed by atoms with E-state index < -0.39 is 67.8 Å². The lowest BCUT2D eigenvalue weighted by atomic mass is 9.97. The molecule has 0 aliphatic heterocycles. The normalized spacial score (nSPS) is 12.8. The number of ketones is 1. The molecule has 0 saturated heterocycles. The smallest absolute Gasteiger partial charge is 0.294 e. The van der Waals surface area contributed by atoms with Crippen molar-refractivity contribution in [3.63, 3.8) is 0 Å². The number of nitrogens with zero attached hydrogens (tertiary/aromatic N) is 2. The number of carbonyl (C=O) groups excluding carboxylic acids is 1. The highest BCUT2D eigenvalue weighted by Gasteiger charge is 2.37. The second-order valence-electron chi connectivity index (χ2n) is 7.79. The Morgan fingerprint density at radius 2 is 1.51 bits per heavy atom. The molecule has 0 saturated carbocycles. The molecule has 3 aromatic carbocycles. The fraction of sp³-hybridized carbons (Fsp3) is 0.130. The van der Waals surface area contributed by atoms with Crippen molar-refractivity contribution in [2.24, 2.45) is 0 Å². The third kappa shape index (κ3) is 4.92. The number of aromatic nitrogens is 2. The van der Waals surface area contributed by atoms with Crippen LogP contribution in [0, 0.1) is 11.6 Å². The largest absolute Gasteiger partial charge is 0.419 e. The Morgan fingerprint density at radius 3 is 2.16 bits per heavy atom. The molecule has 0 atom stereocenters. The Morgan fingerprint density at radius 1 is 0.838 bits per heavy atom. The van der Waals surface area contributed by atoms with Crippen molar-refractivity contribution in [1.82, 2.24) is 9.19 Å². The Balaban J connectivity index is 1.76. The SMILES string of the molecule is O=C(Cc1ccc2cnn(S(=O)(=O)c3ccc(F)c(C(F)(F)F)c3)c2c1)c1c(F)cccc1C(F)(F)F. The minimum atomic E-state index is -5.18. The van der Waals surface area contributed by atoms with Crippen LogP contribution in [0.1, 0.15) is 27.0 Å². The third-order valence-corrected chi connectivity index (χ3v) is 6.93. The molecule has 1 aromatic heterocycles. The summed E-state index contributed by atoms with van der Waals surface area (Å²) in [5, 5.41) is 3.81. The summed E-state index contributed by atoms with van der Waals surface area (Å²) in [7, 11) is -4.81. The van der Waals surface area contributed by atoms with Gasteiger partial charge in [0.05, 0.1) is 33.3 Å². The van der Waals surface area contributed by atoms with E-state index in [-0.39, 0.29) is 22.5 Å². The Kier molecular flexibility index (Phi) is 6.34. The van der Waals surface area contributed by atoms with Gasteiger partial charge in [-0.3, -0.25) is 4.79 Å². The zero-order chi connectivity index (χ0) is 27.3. The summed E-state index contributed by atoms with van der Waals surface area (Å²) >= 11 is 0. The topological polar surface area (TPSA) is 69.0 Å². The van der Waals surface area contributed by atoms with Gasteiger partial charge in [0.25, 0.3) is 10.0 Å². The first-order chi connectivity index (χ1) is 17.1. The molecule has 5 nitrogen and oxygen atoms in total. The molecule has 0 aliphatic carbocycles. The third-order valence-electron chi connectivity index (χ3n) is 5.33. The molecule has 37 heavy (non-hydrogen) atoms. The van der Waals surface area contributed by atoms with Gasteiger partial charge >= 0.3 is 12.4 Å². The van der Waals surface area contributed by atoms with E-state index in [1.54, 1.807) is 0 Å². The highest BCUT2D eigenvalue weighted by Crippen LogP contribution is 2.35. The number of hydrogen-bond acceptors (Lipinski definition) is 4. The first kappa shape index (κ1) is 26.3. The van der Waals surface area contributed by atoms with Crippen LogP contribution in [0.25, 0.3) is 10.9 Å². The quantitative estimate of drug-likeness (QED) is 0.226. The van der Waals surface area contributed by atoms with Crippen molar-refractivity contribution < 1.29 is 48.3 Å². The van der Waals surface area contributed by atoms with Gasteiger partial charge in [0.2, 0.25) is 0 Å². The zero-order valence-corrected chi connectivity index (χ0v) is 18.8. The minimum absolute atomic E-state index is 0.0269. The molecule has 0 unspecified atom stereocenters. The lowest BCUT2D eigenvalue weighted by Crippen LogP contribution is -2.17. The molecule has 0 aliphatic rings. The monoisotopic (exact) mass is 548 g/mol. The molecule has 14 heteroatoms. The number of benzene rings is 3. The van der Waals surface area contributed by atoms with E-state index in [0.29, 0.717) is 28.4 Å². The molecular weight excluding hydrogens is 536 g/mol. The summed E-state index contributed by atoms with van der Waals surface area (Å²) < 4.78 is 133. The first-order valence-corrected chi connectivity index (χ1v) is 11.5. The fourth-order valence-corrected chi connectivity index (χ4v) is 4.94. The standard InChI is InChI=1S/C23H12F8N2O3S/c24-17-7-6-14(10-16(17)23(29,30)31)37(35,36)33-19-8-12(4-5-13(19)11-32-33)9-20(34)21-15(22(26,27)28)2-1-3-18(21)25/h1-8,10-11H,9H2. The van der Waals surface area contributed by atoms with E-state index >= 15 is 0 Å². The maximum atomic E-state index is 14.2. The van der Waals surface area contributed by atoms with Gasteiger partial charge in [-0.1, -0.05) is 18.2 Å². The maximum Gasteiger partial charge on any atom is 0.419 e. The van der Waals surface area contributed by atoms with E-state index in [4.69, 9.17) is 0 Å². The molecular formula is C23H12F8N2O3S. The van der Waals surface area contributed by atoms with Crippen LogP contribution < -0.4 is 0 Å². The molecule has 0 bridgehead atoms. The number of hydrogen-bond donors (Lipinski definition) is 0. The molecule has 1 heterocycles. The van der Waals surface area contributed by atoms with E-state index in [9.17, 15) is 48.3 Å². The molecule has 194 valence electrons. The summed E-state index contributed by atoms with van der Waals surface area (Å²) in [5.74, 6) is -4.33. The second kappa shape index (κ2) is 8.94. The van der Waals surface area contributed by atoms with Gasteiger partial charge in [-0.25, -0.2) is 8.78 Å². The van der Waals surface area contributed by atoms with Gasteiger partial charge in [0, 0.05) is 11.8 Å². The van der Waals surface area contributed by atoms with Crippen LogP contribution in [-0.4, -0.2) is 23.4 Å². The van der Waals surface area contributed by atoms with Gasteiger partial charge in [-0.15, -0.1) is 0 Å². The van der Waals surface area contributed by atoms with E-state index in [1.165, 1.54) is 12.1 Å². The Labute approximate surface area is 203 Å². The van der Waals surface area contributed by atoms with Gasteiger partial charge in [0.15, 0.2) is 5.78 Å². The van der Waals surface area contributed by atoms with Crippen molar-refractivity contribution in [2.45, 2.75) is 23.7 Å². The second-order valence-corrected chi connectivity index (χ2v) is 9.55. The number of rotatable bonds is 5. The summed E-state index contributed by atoms with van der Waals surface area (Å²) in [6.07, 6.45) is -9.92. The summed E-state index contributed by atoms with van der Waals surface area (Å²) in [6, 6.07) is 6.67. The number of carbonyl (C=O) groups is 1. The van der Waals surface area contributed by atoms with Crippen molar-refractivity contribution in [1.29, 1.82) is 0 Å². The highest BCUT2D eigenvalue weighted by molar-refractivity contribution is 7.90. The lowest BCUT2D eigenvalue weighted by molar-refractivity contribution is -0.140. The molecule has 0 fully saturated rings. The number of halogens is 8. The number of alkyl halides is 6. The average molecular weight is 548 g/mol. The van der Waals surface area contributed by atoms with Crippen LogP contribution in [0.5, 0.6) is 0 Å². The molecule has 4 aromatic rings. The summed E-state index contributed by atoms with van der Waals surface area (Å²) in [6.45, 7) is 0. The van der Waals surface area contributed by atoms with Gasteiger partial charge < -0.3 is 0 Å². The Bertz CT molecular complexity index is 1640. The lowest BCUT2D eigenvalue weighted by Gasteiger charge is -2.13. The van der Waals surface area contributed by atoms with Gasteiger partial charge in [-0.2, -0.15) is 43.9 Å². The van der Waals surface area contributed by atoms with Crippen LogP contribution in [-0.2, 0) is 28.8 Å². The molecule has 0 N–H and O–H groups in total. The first-order valence-electron chi connectivity index (χ1n) is 10.1. The van der Waals surface area contributed by atoms with Crippen LogP contribution in [0.15, 0.2) is 65.7 Å². The van der Waals surface area contributed by atoms with E-state index in [2.05, 4.69) is 5.10 Å². The summed E-state index contributed by atoms with van der Waals surface area (Å²) in [5.41, 5.74) is -4.75. The number of Topliss-reactive ketones (excluding diaryl/α,β-unsaturated/α-hetero) is 1. The molecule has 0 amide bonds. The molecule has 0 radical (unpaired) electrons. The van der Waals surface area contributed by atoms with Crippen molar-refractivity contribution in [3.05, 3.63) is 94.7 Å². The van der Waals surface area contributed by atoms with Crippen LogP contribution >= 0.6 is 0 Å². The molecule has 4 rings (SSSR count). The average Bonchev–Trinajstić information content (AvgIpc) is 3.21.